The van der Waals surface area contributed by atoms with Gasteiger partial charge in [-0.3, -0.25) is 14.4 Å². The maximum absolute atomic E-state index is 14.5. The number of hydrogen-bond donors (Lipinski definition) is 1. The molecule has 0 aliphatic carbocycles. The molecular formula is C33H47N3O5. The summed E-state index contributed by atoms with van der Waals surface area (Å²) in [7, 11) is 0. The summed E-state index contributed by atoms with van der Waals surface area (Å²) in [5.74, 6) is -1.97. The van der Waals surface area contributed by atoms with Gasteiger partial charge in [0, 0.05) is 38.8 Å². The van der Waals surface area contributed by atoms with Crippen LogP contribution >= 0.6 is 0 Å². The van der Waals surface area contributed by atoms with E-state index in [0.29, 0.717) is 45.3 Å². The first-order valence-corrected chi connectivity index (χ1v) is 15.2. The number of hydrogen-bond acceptors (Lipinski definition) is 5. The molecule has 1 N–H and O–H groups in total. The summed E-state index contributed by atoms with van der Waals surface area (Å²) >= 11 is 0. The van der Waals surface area contributed by atoms with Crippen LogP contribution < -0.4 is 0 Å². The average Bonchev–Trinajstić information content (AvgIpc) is 3.58. The first kappa shape index (κ1) is 31.0. The fraction of sp³-hybridized carbons (Fsp3) is 0.606. The third-order valence-electron chi connectivity index (χ3n) is 9.46. The van der Waals surface area contributed by atoms with Gasteiger partial charge in [0.15, 0.2) is 0 Å². The van der Waals surface area contributed by atoms with Gasteiger partial charge in [-0.25, -0.2) is 0 Å². The van der Waals surface area contributed by atoms with Crippen molar-refractivity contribution >= 4 is 17.7 Å². The Balaban J connectivity index is 1.77. The highest BCUT2D eigenvalue weighted by atomic mass is 16.5. The lowest BCUT2D eigenvalue weighted by molar-refractivity contribution is -0.156. The quantitative estimate of drug-likeness (QED) is 0.326. The number of likely N-dealkylation sites (tertiary alicyclic amines) is 1. The van der Waals surface area contributed by atoms with E-state index in [2.05, 4.69) is 20.1 Å². The molecule has 0 saturated carbocycles. The van der Waals surface area contributed by atoms with E-state index in [9.17, 15) is 19.5 Å². The molecule has 8 heteroatoms. The molecule has 3 aliphatic rings. The minimum Gasteiger partial charge on any atom is -0.396 e. The molecule has 1 aromatic carbocycles. The lowest BCUT2D eigenvalue weighted by atomic mass is 9.64. The van der Waals surface area contributed by atoms with E-state index < -0.39 is 29.1 Å². The first-order valence-electron chi connectivity index (χ1n) is 15.2. The van der Waals surface area contributed by atoms with Crippen molar-refractivity contribution in [3.05, 3.63) is 61.2 Å². The molecule has 3 unspecified atom stereocenters. The number of amides is 3. The number of aliphatic hydroxyl groups is 1. The van der Waals surface area contributed by atoms with E-state index in [1.54, 1.807) is 26.9 Å². The minimum absolute atomic E-state index is 0.0409. The minimum atomic E-state index is -1.09. The first-order chi connectivity index (χ1) is 19.7. The summed E-state index contributed by atoms with van der Waals surface area (Å²) in [5, 5.41) is 9.67. The van der Waals surface area contributed by atoms with Crippen LogP contribution in [0.1, 0.15) is 64.9 Å². The maximum atomic E-state index is 14.5. The maximum Gasteiger partial charge on any atom is 0.248 e. The molecule has 1 aromatic rings. The Kier molecular flexibility index (Phi) is 9.75. The lowest BCUT2D eigenvalue weighted by Crippen LogP contribution is -2.58. The molecule has 3 amide bonds. The zero-order valence-corrected chi connectivity index (χ0v) is 25.0. The van der Waals surface area contributed by atoms with Crippen molar-refractivity contribution in [3.8, 4) is 0 Å². The smallest absolute Gasteiger partial charge is 0.248 e. The highest BCUT2D eigenvalue weighted by Gasteiger charge is 2.79. The molecule has 41 heavy (non-hydrogen) atoms. The Hall–Kier alpha value is -2.97. The van der Waals surface area contributed by atoms with Crippen LogP contribution in [0.4, 0.5) is 0 Å². The Morgan fingerprint density at radius 3 is 2.46 bits per heavy atom. The Bertz CT molecular complexity index is 1130. The second kappa shape index (κ2) is 12.9. The average molecular weight is 566 g/mol. The van der Waals surface area contributed by atoms with E-state index in [1.807, 2.05) is 44.2 Å². The Morgan fingerprint density at radius 1 is 1.15 bits per heavy atom. The molecule has 6 atom stereocenters. The predicted molar refractivity (Wildman–Crippen MR) is 159 cm³/mol. The van der Waals surface area contributed by atoms with Crippen LogP contribution in [-0.2, 0) is 25.7 Å². The van der Waals surface area contributed by atoms with Crippen LogP contribution in [0.5, 0.6) is 0 Å². The highest BCUT2D eigenvalue weighted by molar-refractivity contribution is 5.99. The van der Waals surface area contributed by atoms with Gasteiger partial charge in [0.1, 0.15) is 11.6 Å². The van der Waals surface area contributed by atoms with Gasteiger partial charge in [-0.15, -0.1) is 13.2 Å². The second-order valence-corrected chi connectivity index (χ2v) is 11.9. The number of fused-ring (bicyclic) bond motifs is 1. The van der Waals surface area contributed by atoms with Crippen LogP contribution in [-0.4, -0.2) is 87.1 Å². The van der Waals surface area contributed by atoms with Crippen LogP contribution in [0.25, 0.3) is 0 Å². The van der Waals surface area contributed by atoms with Crippen molar-refractivity contribution in [3.63, 3.8) is 0 Å². The van der Waals surface area contributed by atoms with Gasteiger partial charge in [0.2, 0.25) is 17.7 Å². The number of benzene rings is 1. The number of ether oxygens (including phenoxy) is 1. The van der Waals surface area contributed by atoms with Gasteiger partial charge in [-0.05, 0) is 44.6 Å². The zero-order valence-electron chi connectivity index (χ0n) is 25.0. The summed E-state index contributed by atoms with van der Waals surface area (Å²) in [6.45, 7) is 15.1. The van der Waals surface area contributed by atoms with Crippen molar-refractivity contribution in [2.75, 3.05) is 26.2 Å². The molecule has 3 heterocycles. The molecule has 1 spiro atoms. The number of carbonyl (C=O) groups excluding carboxylic acids is 3. The van der Waals surface area contributed by atoms with E-state index in [1.165, 1.54) is 0 Å². The second-order valence-electron chi connectivity index (χ2n) is 11.9. The van der Waals surface area contributed by atoms with Crippen molar-refractivity contribution in [1.82, 2.24) is 14.7 Å². The SMILES string of the molecule is C=CCN(Cc1ccccc1)C(=O)[C@@H]1[C@H]2C(=O)N(CCCO)C(C(=O)N(CC=C)C(C)CCC)C23CC[C@@]1(CC)O3. The van der Waals surface area contributed by atoms with Gasteiger partial charge in [-0.1, -0.05) is 62.8 Å². The molecular weight excluding hydrogens is 518 g/mol. The van der Waals surface area contributed by atoms with Crippen LogP contribution in [0.2, 0.25) is 0 Å². The fourth-order valence-corrected chi connectivity index (χ4v) is 7.60. The standard InChI is InChI=1S/C33H47N3O5/c1-6-14-24(5)35(20-8-3)31(40)28-33-18-17-32(9-4,41-33)26(27(33)30(39)36(28)21-13-22-37)29(38)34(19-7-2)23-25-15-11-10-12-16-25/h7-8,10-12,15-16,24,26-28,37H,2-3,6,9,13-14,17-23H2,1,4-5H3/t24?,26-,27-,28?,32+,33?/m0/s1. The summed E-state index contributed by atoms with van der Waals surface area (Å²) in [4.78, 5) is 48.5. The molecule has 4 rings (SSSR count). The summed E-state index contributed by atoms with van der Waals surface area (Å²) in [5.41, 5.74) is -0.905. The van der Waals surface area contributed by atoms with E-state index in [4.69, 9.17) is 4.74 Å². The van der Waals surface area contributed by atoms with Crippen LogP contribution in [0.15, 0.2) is 55.6 Å². The van der Waals surface area contributed by atoms with Gasteiger partial charge < -0.3 is 24.5 Å². The largest absolute Gasteiger partial charge is 0.396 e. The van der Waals surface area contributed by atoms with Crippen molar-refractivity contribution in [2.24, 2.45) is 11.8 Å². The molecule has 8 nitrogen and oxygen atoms in total. The topological polar surface area (TPSA) is 90.4 Å². The molecule has 3 aliphatic heterocycles. The summed E-state index contributed by atoms with van der Waals surface area (Å²) in [6, 6.07) is 8.90. The van der Waals surface area contributed by atoms with Crippen LogP contribution in [0, 0.1) is 11.8 Å². The van der Waals surface area contributed by atoms with Crippen molar-refractivity contribution in [1.29, 1.82) is 0 Å². The zero-order chi connectivity index (χ0) is 29.8. The summed E-state index contributed by atoms with van der Waals surface area (Å²) < 4.78 is 6.94. The summed E-state index contributed by atoms with van der Waals surface area (Å²) in [6.07, 6.45) is 7.24. The third-order valence-corrected chi connectivity index (χ3v) is 9.46. The monoisotopic (exact) mass is 565 g/mol. The van der Waals surface area contributed by atoms with Crippen molar-refractivity contribution < 1.29 is 24.2 Å². The number of aliphatic hydroxyl groups excluding tert-OH is 1. The number of rotatable bonds is 15. The lowest BCUT2D eigenvalue weighted by Gasteiger charge is -2.39. The molecule has 3 fully saturated rings. The Labute approximate surface area is 245 Å². The number of carbonyl (C=O) groups is 3. The van der Waals surface area contributed by atoms with Crippen LogP contribution in [0.3, 0.4) is 0 Å². The van der Waals surface area contributed by atoms with Gasteiger partial charge in [0.05, 0.1) is 17.4 Å². The van der Waals surface area contributed by atoms with Crippen molar-refractivity contribution in [2.45, 2.75) is 89.1 Å². The fourth-order valence-electron chi connectivity index (χ4n) is 7.60. The molecule has 2 bridgehead atoms. The van der Waals surface area contributed by atoms with Gasteiger partial charge in [0.25, 0.3) is 0 Å². The van der Waals surface area contributed by atoms with E-state index >= 15 is 0 Å². The highest BCUT2D eigenvalue weighted by Crippen LogP contribution is 2.64. The van der Waals surface area contributed by atoms with Gasteiger partial charge in [-0.2, -0.15) is 0 Å². The van der Waals surface area contributed by atoms with E-state index in [0.717, 1.165) is 18.4 Å². The number of nitrogens with zero attached hydrogens (tertiary/aromatic N) is 3. The predicted octanol–water partition coefficient (Wildman–Crippen LogP) is 3.94. The molecule has 0 aromatic heterocycles. The normalized spacial score (nSPS) is 28.8. The Morgan fingerprint density at radius 2 is 1.85 bits per heavy atom. The molecule has 224 valence electrons. The third kappa shape index (κ3) is 5.37. The molecule has 0 radical (unpaired) electrons. The van der Waals surface area contributed by atoms with Gasteiger partial charge >= 0.3 is 0 Å². The molecule has 3 saturated heterocycles. The van der Waals surface area contributed by atoms with E-state index in [-0.39, 0.29) is 36.9 Å².